The maximum atomic E-state index is 13.3. The van der Waals surface area contributed by atoms with Crippen molar-refractivity contribution >= 4 is 15.9 Å². The molecule has 3 aromatic carbocycles. The smallest absolute Gasteiger partial charge is 0.252 e. The molecule has 1 amide bonds. The van der Waals surface area contributed by atoms with Crippen molar-refractivity contribution in [3.05, 3.63) is 94.5 Å². The Morgan fingerprint density at radius 2 is 1.59 bits per heavy atom. The largest absolute Gasteiger partial charge is 0.494 e. The number of ether oxygens (including phenoxy) is 1. The second kappa shape index (κ2) is 9.97. The van der Waals surface area contributed by atoms with Gasteiger partial charge in [0.1, 0.15) is 5.75 Å². The Balaban J connectivity index is 1.99. The lowest BCUT2D eigenvalue weighted by Crippen LogP contribution is -2.30. The van der Waals surface area contributed by atoms with Gasteiger partial charge in [-0.25, -0.2) is 13.1 Å². The second-order valence-corrected chi connectivity index (χ2v) is 9.30. The average molecular weight is 453 g/mol. The topological polar surface area (TPSA) is 84.5 Å². The third-order valence-corrected chi connectivity index (χ3v) is 6.91. The summed E-state index contributed by atoms with van der Waals surface area (Å²) in [6.07, 6.45) is 0. The van der Waals surface area contributed by atoms with E-state index in [1.807, 2.05) is 61.5 Å². The first kappa shape index (κ1) is 23.5. The Labute approximate surface area is 189 Å². The molecule has 0 fully saturated rings. The van der Waals surface area contributed by atoms with Crippen LogP contribution in [0.5, 0.6) is 5.75 Å². The minimum absolute atomic E-state index is 0.0995. The highest BCUT2D eigenvalue weighted by atomic mass is 32.2. The van der Waals surface area contributed by atoms with Crippen molar-refractivity contribution in [1.82, 2.24) is 10.0 Å². The van der Waals surface area contributed by atoms with Crippen LogP contribution in [0.2, 0.25) is 0 Å². The highest BCUT2D eigenvalue weighted by molar-refractivity contribution is 7.89. The Morgan fingerprint density at radius 3 is 2.19 bits per heavy atom. The Kier molecular flexibility index (Phi) is 7.33. The van der Waals surface area contributed by atoms with E-state index >= 15 is 0 Å². The fraction of sp³-hybridized carbons (Fsp3) is 0.240. The second-order valence-electron chi connectivity index (χ2n) is 7.44. The highest BCUT2D eigenvalue weighted by Gasteiger charge is 2.22. The molecule has 3 rings (SSSR count). The first-order valence-corrected chi connectivity index (χ1v) is 11.9. The van der Waals surface area contributed by atoms with Crippen molar-refractivity contribution < 1.29 is 17.9 Å². The van der Waals surface area contributed by atoms with E-state index in [4.69, 9.17) is 4.74 Å². The van der Waals surface area contributed by atoms with Gasteiger partial charge in [0, 0.05) is 5.56 Å². The van der Waals surface area contributed by atoms with Gasteiger partial charge in [0.15, 0.2) is 0 Å². The monoisotopic (exact) mass is 452 g/mol. The molecule has 0 bridgehead atoms. The van der Waals surface area contributed by atoms with Crippen molar-refractivity contribution in [3.63, 3.8) is 0 Å². The van der Waals surface area contributed by atoms with Crippen LogP contribution in [0.4, 0.5) is 0 Å². The zero-order valence-electron chi connectivity index (χ0n) is 18.7. The van der Waals surface area contributed by atoms with Gasteiger partial charge in [-0.2, -0.15) is 0 Å². The van der Waals surface area contributed by atoms with Crippen LogP contribution < -0.4 is 14.8 Å². The fourth-order valence-electron chi connectivity index (χ4n) is 3.49. The van der Waals surface area contributed by atoms with Crippen LogP contribution in [0.1, 0.15) is 45.6 Å². The lowest BCUT2D eigenvalue weighted by atomic mass is 9.97. The average Bonchev–Trinajstić information content (AvgIpc) is 2.80. The Hall–Kier alpha value is -3.16. The SMILES string of the molecule is CCOc1ccc(C(NC(=O)c2cc(C)c(C)c(S(=O)(=O)NC)c2)c2ccccc2)cc1. The standard InChI is InChI=1S/C25H28N2O4S/c1-5-31-22-13-11-20(12-14-22)24(19-9-7-6-8-10-19)27-25(28)21-15-17(2)18(3)23(16-21)32(29,30)26-4/h6-16,24,26H,5H2,1-4H3,(H,27,28). The van der Waals surface area contributed by atoms with Gasteiger partial charge in [-0.15, -0.1) is 0 Å². The summed E-state index contributed by atoms with van der Waals surface area (Å²) in [5.41, 5.74) is 3.43. The summed E-state index contributed by atoms with van der Waals surface area (Å²) >= 11 is 0. The third kappa shape index (κ3) is 5.18. The molecule has 0 aliphatic carbocycles. The minimum atomic E-state index is -3.69. The molecular weight excluding hydrogens is 424 g/mol. The van der Waals surface area contributed by atoms with Crippen molar-refractivity contribution in [1.29, 1.82) is 0 Å². The number of carbonyl (C=O) groups excluding carboxylic acids is 1. The third-order valence-electron chi connectivity index (χ3n) is 5.37. The molecule has 0 spiro atoms. The zero-order chi connectivity index (χ0) is 23.3. The van der Waals surface area contributed by atoms with Crippen LogP contribution in [0.3, 0.4) is 0 Å². The first-order valence-electron chi connectivity index (χ1n) is 10.4. The van der Waals surface area contributed by atoms with Crippen LogP contribution in [0.15, 0.2) is 71.6 Å². The van der Waals surface area contributed by atoms with E-state index in [9.17, 15) is 13.2 Å². The molecule has 32 heavy (non-hydrogen) atoms. The molecule has 1 unspecified atom stereocenters. The van der Waals surface area contributed by atoms with Gasteiger partial charge in [-0.1, -0.05) is 42.5 Å². The molecule has 2 N–H and O–H groups in total. The highest BCUT2D eigenvalue weighted by Crippen LogP contribution is 2.26. The van der Waals surface area contributed by atoms with Crippen LogP contribution in [-0.2, 0) is 10.0 Å². The molecule has 0 saturated heterocycles. The quantitative estimate of drug-likeness (QED) is 0.538. The Morgan fingerprint density at radius 1 is 0.969 bits per heavy atom. The number of amides is 1. The molecule has 0 saturated carbocycles. The number of benzene rings is 3. The number of rotatable bonds is 8. The molecular formula is C25H28N2O4S. The maximum absolute atomic E-state index is 13.3. The molecule has 0 heterocycles. The number of aryl methyl sites for hydroxylation is 1. The van der Waals surface area contributed by atoms with Gasteiger partial charge < -0.3 is 10.1 Å². The van der Waals surface area contributed by atoms with Crippen LogP contribution in [0, 0.1) is 13.8 Å². The number of hydrogen-bond acceptors (Lipinski definition) is 4. The number of hydrogen-bond donors (Lipinski definition) is 2. The van der Waals surface area contributed by atoms with Gasteiger partial charge in [-0.3, -0.25) is 4.79 Å². The minimum Gasteiger partial charge on any atom is -0.494 e. The first-order chi connectivity index (χ1) is 15.3. The van der Waals surface area contributed by atoms with E-state index in [1.165, 1.54) is 13.1 Å². The lowest BCUT2D eigenvalue weighted by molar-refractivity contribution is 0.0942. The van der Waals surface area contributed by atoms with E-state index in [-0.39, 0.29) is 16.4 Å². The van der Waals surface area contributed by atoms with Crippen LogP contribution in [0.25, 0.3) is 0 Å². The van der Waals surface area contributed by atoms with Crippen molar-refractivity contribution in [2.75, 3.05) is 13.7 Å². The molecule has 3 aromatic rings. The molecule has 1 atom stereocenters. The van der Waals surface area contributed by atoms with Crippen molar-refractivity contribution in [3.8, 4) is 5.75 Å². The molecule has 0 radical (unpaired) electrons. The van der Waals surface area contributed by atoms with Crippen molar-refractivity contribution in [2.45, 2.75) is 31.7 Å². The van der Waals surface area contributed by atoms with Crippen LogP contribution in [-0.4, -0.2) is 28.0 Å². The van der Waals surface area contributed by atoms with E-state index in [2.05, 4.69) is 10.0 Å². The van der Waals surface area contributed by atoms with Gasteiger partial charge in [0.2, 0.25) is 10.0 Å². The van der Waals surface area contributed by atoms with Crippen LogP contribution >= 0.6 is 0 Å². The summed E-state index contributed by atoms with van der Waals surface area (Å²) in [4.78, 5) is 13.4. The summed E-state index contributed by atoms with van der Waals surface area (Å²) in [5, 5.41) is 3.07. The van der Waals surface area contributed by atoms with Crippen molar-refractivity contribution in [2.24, 2.45) is 0 Å². The molecule has 6 nitrogen and oxygen atoms in total. The molecule has 0 aromatic heterocycles. The Bertz CT molecular complexity index is 1190. The van der Waals surface area contributed by atoms with E-state index in [1.54, 1.807) is 19.9 Å². The van der Waals surface area contributed by atoms with E-state index < -0.39 is 16.1 Å². The van der Waals surface area contributed by atoms with E-state index in [0.717, 1.165) is 22.4 Å². The van der Waals surface area contributed by atoms with E-state index in [0.29, 0.717) is 12.2 Å². The summed E-state index contributed by atoms with van der Waals surface area (Å²) in [6.45, 7) is 6.02. The van der Waals surface area contributed by atoms with Gasteiger partial charge in [-0.05, 0) is 74.3 Å². The zero-order valence-corrected chi connectivity index (χ0v) is 19.5. The summed E-state index contributed by atoms with van der Waals surface area (Å²) in [6, 6.07) is 19.9. The molecule has 0 aliphatic heterocycles. The fourth-order valence-corrected chi connectivity index (χ4v) is 4.56. The van der Waals surface area contributed by atoms with Gasteiger partial charge in [0.25, 0.3) is 5.91 Å². The predicted molar refractivity (Wildman–Crippen MR) is 126 cm³/mol. The molecule has 7 heteroatoms. The number of nitrogens with one attached hydrogen (secondary N) is 2. The van der Waals surface area contributed by atoms with Gasteiger partial charge in [0.05, 0.1) is 17.5 Å². The number of carbonyl (C=O) groups is 1. The molecule has 0 aliphatic rings. The summed E-state index contributed by atoms with van der Waals surface area (Å²) in [5.74, 6) is 0.397. The number of sulfonamides is 1. The lowest BCUT2D eigenvalue weighted by Gasteiger charge is -2.21. The summed E-state index contributed by atoms with van der Waals surface area (Å²) < 4.78 is 32.7. The normalized spacial score (nSPS) is 12.2. The maximum Gasteiger partial charge on any atom is 0.252 e. The van der Waals surface area contributed by atoms with Gasteiger partial charge >= 0.3 is 0 Å². The molecule has 168 valence electrons. The summed E-state index contributed by atoms with van der Waals surface area (Å²) in [7, 11) is -2.34. The predicted octanol–water partition coefficient (Wildman–Crippen LogP) is 4.13.